The van der Waals surface area contributed by atoms with Crippen LogP contribution in [-0.2, 0) is 17.5 Å². The van der Waals surface area contributed by atoms with Crippen LogP contribution in [0, 0.1) is 0 Å². The van der Waals surface area contributed by atoms with Crippen LogP contribution in [-0.4, -0.2) is 9.50 Å². The van der Waals surface area contributed by atoms with E-state index >= 15 is 0 Å². The van der Waals surface area contributed by atoms with Gasteiger partial charge in [0, 0.05) is 0 Å². The van der Waals surface area contributed by atoms with Crippen LogP contribution < -0.4 is 40.8 Å². The summed E-state index contributed by atoms with van der Waals surface area (Å²) in [5.41, 5.74) is 7.04. The second kappa shape index (κ2) is 6.91. The quantitative estimate of drug-likeness (QED) is 0.180. The maximum Gasteiger partial charge on any atom is 1.00 e. The van der Waals surface area contributed by atoms with Crippen LogP contribution in [0.3, 0.4) is 0 Å². The van der Waals surface area contributed by atoms with E-state index in [-0.39, 0.29) is 39.1 Å². The number of rotatable bonds is 0. The van der Waals surface area contributed by atoms with Crippen molar-refractivity contribution in [2.75, 3.05) is 0 Å². The Morgan fingerprint density at radius 3 is 2.11 bits per heavy atom. The number of hydroxylamine groups is 1. The molecule has 0 spiro atoms. The van der Waals surface area contributed by atoms with Gasteiger partial charge in [-0.25, -0.2) is 0 Å². The maximum absolute atomic E-state index is 4.93. The normalized spacial score (nSPS) is 6.67. The monoisotopic (exact) mass is 190 g/mol. The molecular weight excluding hydrogens is 187 g/mol. The van der Waals surface area contributed by atoms with Gasteiger partial charge < -0.3 is 35.4 Å². The summed E-state index contributed by atoms with van der Waals surface area (Å²) in [6.45, 7) is 0. The zero-order valence-corrected chi connectivity index (χ0v) is 9.16. The van der Waals surface area contributed by atoms with Crippen molar-refractivity contribution in [2.45, 2.75) is 0 Å². The van der Waals surface area contributed by atoms with E-state index in [1.165, 1.54) is 0 Å². The third kappa shape index (κ3) is 12.1. The molecule has 0 saturated heterocycles. The van der Waals surface area contributed by atoms with Gasteiger partial charge in [-0.1, -0.05) is 0 Å². The van der Waals surface area contributed by atoms with Crippen molar-refractivity contribution in [3.63, 3.8) is 0 Å². The topological polar surface area (TPSA) is 47.3 Å². The molecule has 0 heterocycles. The van der Waals surface area contributed by atoms with Gasteiger partial charge in [-0.05, 0) is 12.2 Å². The molecule has 0 aromatic heterocycles. The van der Waals surface area contributed by atoms with Crippen LogP contribution in [0.1, 0.15) is 0 Å². The van der Waals surface area contributed by atoms with E-state index in [2.05, 4.69) is 47.4 Å². The summed E-state index contributed by atoms with van der Waals surface area (Å²) in [5.74, 6) is 0. The standard InChI is InChI=1S/C2H4N2OS3.Na/c3-1(6)4-5-2(7)8;/h(H,7,8)(H3,3,4,6);/q;+1/p-1. The van der Waals surface area contributed by atoms with E-state index < -0.39 is 0 Å². The largest absolute Gasteiger partial charge is 1.00 e. The smallest absolute Gasteiger partial charge is 0.401 e. The van der Waals surface area contributed by atoms with Crippen molar-refractivity contribution in [1.82, 2.24) is 5.48 Å². The van der Waals surface area contributed by atoms with Crippen molar-refractivity contribution >= 4 is 46.6 Å². The van der Waals surface area contributed by atoms with Gasteiger partial charge in [0.15, 0.2) is 5.11 Å². The van der Waals surface area contributed by atoms with Crippen molar-refractivity contribution < 1.29 is 34.4 Å². The summed E-state index contributed by atoms with van der Waals surface area (Å²) >= 11 is 13.0. The van der Waals surface area contributed by atoms with E-state index in [1.807, 2.05) is 0 Å². The molecule has 0 aliphatic rings. The number of nitrogens with two attached hydrogens (primary N) is 1. The van der Waals surface area contributed by atoms with Gasteiger partial charge in [-0.3, -0.25) is 0 Å². The van der Waals surface area contributed by atoms with Gasteiger partial charge in [0.1, 0.15) is 0 Å². The van der Waals surface area contributed by atoms with E-state index in [0.29, 0.717) is 0 Å². The third-order valence-electron chi connectivity index (χ3n) is 0.235. The molecule has 0 fully saturated rings. The summed E-state index contributed by atoms with van der Waals surface area (Å²) in [6.07, 6.45) is 0. The van der Waals surface area contributed by atoms with Crippen LogP contribution in [0.5, 0.6) is 0 Å². The van der Waals surface area contributed by atoms with Gasteiger partial charge in [0.05, 0.1) is 4.38 Å². The molecule has 0 saturated carbocycles. The average Bonchev–Trinajstić information content (AvgIpc) is 1.61. The van der Waals surface area contributed by atoms with Gasteiger partial charge >= 0.3 is 29.6 Å². The third-order valence-corrected chi connectivity index (χ3v) is 0.485. The number of hydrogen-bond donors (Lipinski definition) is 2. The molecule has 0 radical (unpaired) electrons. The van der Waals surface area contributed by atoms with Gasteiger partial charge in [0.25, 0.3) is 0 Å². The second-order valence-corrected chi connectivity index (χ2v) is 2.26. The molecule has 3 nitrogen and oxygen atoms in total. The minimum absolute atomic E-state index is 0. The Kier molecular flexibility index (Phi) is 9.58. The van der Waals surface area contributed by atoms with Crippen LogP contribution in [0.4, 0.5) is 0 Å². The van der Waals surface area contributed by atoms with E-state index in [9.17, 15) is 0 Å². The number of hydrogen-bond acceptors (Lipinski definition) is 4. The summed E-state index contributed by atoms with van der Waals surface area (Å²) in [6, 6.07) is 0. The Labute approximate surface area is 91.3 Å². The first-order valence-corrected chi connectivity index (χ1v) is 2.78. The molecule has 0 aromatic rings. The van der Waals surface area contributed by atoms with E-state index in [4.69, 9.17) is 5.73 Å². The first-order chi connectivity index (χ1) is 3.63. The first-order valence-electron chi connectivity index (χ1n) is 1.56. The van der Waals surface area contributed by atoms with Crippen molar-refractivity contribution in [3.8, 4) is 0 Å². The van der Waals surface area contributed by atoms with Gasteiger partial charge in [-0.2, -0.15) is 5.48 Å². The minimum atomic E-state index is -0.0576. The molecule has 0 bridgehead atoms. The second-order valence-electron chi connectivity index (χ2n) is 0.818. The molecule has 46 valence electrons. The Morgan fingerprint density at radius 1 is 1.56 bits per heavy atom. The maximum atomic E-state index is 4.93. The molecule has 7 heteroatoms. The zero-order valence-electron chi connectivity index (χ0n) is 4.71. The Hall–Kier alpha value is 0.800. The first kappa shape index (κ1) is 12.5. The molecule has 0 amide bonds. The van der Waals surface area contributed by atoms with Crippen LogP contribution >= 0.6 is 24.4 Å². The summed E-state index contributed by atoms with van der Waals surface area (Å²) in [4.78, 5) is 4.33. The summed E-state index contributed by atoms with van der Waals surface area (Å²) in [5, 5.41) is 0.0113. The number of thiocarbonyl (C=S) groups is 2. The van der Waals surface area contributed by atoms with Gasteiger partial charge in [-0.15, -0.1) is 0 Å². The summed E-state index contributed by atoms with van der Waals surface area (Å²) < 4.78 is -0.0576. The van der Waals surface area contributed by atoms with Crippen LogP contribution in [0.2, 0.25) is 0 Å². The fraction of sp³-hybridized carbons (Fsp3) is 0. The molecule has 0 atom stereocenters. The fourth-order valence-electron chi connectivity index (χ4n) is 0.0920. The van der Waals surface area contributed by atoms with Crippen molar-refractivity contribution in [2.24, 2.45) is 5.73 Å². The van der Waals surface area contributed by atoms with Crippen molar-refractivity contribution in [3.05, 3.63) is 0 Å². The van der Waals surface area contributed by atoms with Crippen molar-refractivity contribution in [1.29, 1.82) is 0 Å². The molecule has 0 unspecified atom stereocenters. The average molecular weight is 190 g/mol. The molecule has 9 heavy (non-hydrogen) atoms. The predicted molar refractivity (Wildman–Crippen MR) is 41.0 cm³/mol. The predicted octanol–water partition coefficient (Wildman–Crippen LogP) is -3.41. The van der Waals surface area contributed by atoms with Crippen LogP contribution in [0.25, 0.3) is 0 Å². The zero-order chi connectivity index (χ0) is 6.57. The molecule has 0 aliphatic heterocycles. The Bertz CT molecular complexity index is 104. The van der Waals surface area contributed by atoms with E-state index in [1.54, 1.807) is 0 Å². The number of nitrogens with one attached hydrogen (secondary N) is 1. The fourth-order valence-corrected chi connectivity index (χ4v) is 0.217. The van der Waals surface area contributed by atoms with Crippen LogP contribution in [0.15, 0.2) is 0 Å². The SMILES string of the molecule is NC(=S)NOC(=S)[S-].[Na+]. The minimum Gasteiger partial charge on any atom is -0.401 e. The molecule has 0 rings (SSSR count). The van der Waals surface area contributed by atoms with E-state index in [0.717, 1.165) is 0 Å². The Balaban J connectivity index is 0. The molecule has 0 aromatic carbocycles. The Morgan fingerprint density at radius 2 is 2.00 bits per heavy atom. The molecular formula is C2H3N2NaOS3. The molecule has 0 aliphatic carbocycles. The summed E-state index contributed by atoms with van der Waals surface area (Å²) in [7, 11) is 0. The molecule has 3 N–H and O–H groups in total. The van der Waals surface area contributed by atoms with Gasteiger partial charge in [0.2, 0.25) is 0 Å².